The van der Waals surface area contributed by atoms with E-state index in [1.165, 1.54) is 0 Å². The van der Waals surface area contributed by atoms with E-state index in [0.29, 0.717) is 5.70 Å². The van der Waals surface area contributed by atoms with Crippen LogP contribution < -0.4 is 57.1 Å². The number of allylic oxidation sites excluding steroid dienone is 1. The summed E-state index contributed by atoms with van der Waals surface area (Å²) in [5.41, 5.74) is 8.56. The fourth-order valence-corrected chi connectivity index (χ4v) is 1.51. The predicted octanol–water partition coefficient (Wildman–Crippen LogP) is -1.63. The number of rotatable bonds is 4. The zero-order chi connectivity index (χ0) is 12.8. The Bertz CT molecular complexity index is 467. The summed E-state index contributed by atoms with van der Waals surface area (Å²) in [6, 6.07) is 1.91. The van der Waals surface area contributed by atoms with Crippen LogP contribution in [-0.2, 0) is 0 Å². The van der Waals surface area contributed by atoms with Gasteiger partial charge in [0.2, 0.25) is 0 Å². The molecule has 0 aliphatic rings. The van der Waals surface area contributed by atoms with E-state index in [4.69, 9.17) is 5.73 Å². The number of aliphatic imine (C=N–C) groups is 1. The Balaban J connectivity index is 0.00000289. The first-order valence-corrected chi connectivity index (χ1v) is 5.31. The van der Waals surface area contributed by atoms with Gasteiger partial charge in [0.15, 0.2) is 6.21 Å². The minimum absolute atomic E-state index is 0. The molecule has 0 unspecified atom stereocenters. The van der Waals surface area contributed by atoms with E-state index in [1.54, 1.807) is 20.3 Å². The summed E-state index contributed by atoms with van der Waals surface area (Å²) in [6.07, 6.45) is 5.48. The molecular formula is C12H19KN5+. The molecule has 1 rings (SSSR count). The van der Waals surface area contributed by atoms with Gasteiger partial charge < -0.3 is 16.0 Å². The second kappa shape index (κ2) is 8.66. The standard InChI is InChI=1S/C12H18N5.K/c1-14-7-9(8-17(3)4)11(13)10-5-6-16-12(10)15-2;/h5-8H,1-4H3,(H2-,13,15,16);/q-1;+1/p+1. The normalized spacial score (nSPS) is 11.8. The monoisotopic (exact) mass is 272 g/mol. The molecule has 0 aliphatic heterocycles. The molecule has 0 spiro atoms. The number of nitrogens with zero attached hydrogens (tertiary/aromatic N) is 3. The van der Waals surface area contributed by atoms with Gasteiger partial charge >= 0.3 is 51.4 Å². The van der Waals surface area contributed by atoms with E-state index in [2.05, 4.69) is 15.3 Å². The van der Waals surface area contributed by atoms with Crippen LogP contribution in [0.2, 0.25) is 0 Å². The van der Waals surface area contributed by atoms with Gasteiger partial charge in [0, 0.05) is 13.3 Å². The molecule has 1 heterocycles. The fourth-order valence-electron chi connectivity index (χ4n) is 1.51. The molecule has 0 saturated heterocycles. The molecule has 0 bridgehead atoms. The Hall–Kier alpha value is -0.404. The van der Waals surface area contributed by atoms with Gasteiger partial charge in [0.05, 0.1) is 11.3 Å². The van der Waals surface area contributed by atoms with Gasteiger partial charge in [0.25, 0.3) is 0 Å². The number of aromatic nitrogens is 1. The number of nitrogens with two attached hydrogens (primary N) is 1. The van der Waals surface area contributed by atoms with Crippen molar-refractivity contribution in [3.05, 3.63) is 28.7 Å². The molecule has 0 saturated carbocycles. The summed E-state index contributed by atoms with van der Waals surface area (Å²) in [5.74, 6) is 0.775. The first kappa shape index (κ1) is 17.6. The average molecular weight is 272 g/mol. The third kappa shape index (κ3) is 4.70. The minimum atomic E-state index is 0. The van der Waals surface area contributed by atoms with Crippen molar-refractivity contribution >= 4 is 23.9 Å². The molecule has 1 aromatic heterocycles. The summed E-state index contributed by atoms with van der Waals surface area (Å²) in [6.45, 7) is 0. The topological polar surface area (TPSA) is 71.3 Å². The van der Waals surface area contributed by atoms with Crippen LogP contribution in [0.4, 0.5) is 5.82 Å². The van der Waals surface area contributed by atoms with Gasteiger partial charge in [-0.1, -0.05) is 25.1 Å². The summed E-state index contributed by atoms with van der Waals surface area (Å²) in [4.78, 5) is 7.05. The van der Waals surface area contributed by atoms with E-state index in [0.717, 1.165) is 17.0 Å². The first-order chi connectivity index (χ1) is 8.10. The molecule has 0 aliphatic carbocycles. The quantitative estimate of drug-likeness (QED) is 0.385. The number of aromatic amines is 1. The molecule has 0 fully saturated rings. The molecule has 3 N–H and O–H groups in total. The van der Waals surface area contributed by atoms with Gasteiger partial charge in [-0.05, 0) is 5.56 Å². The van der Waals surface area contributed by atoms with E-state index in [9.17, 15) is 0 Å². The van der Waals surface area contributed by atoms with Crippen molar-refractivity contribution in [3.63, 3.8) is 0 Å². The molecule has 92 valence electrons. The molecule has 0 atom stereocenters. The Morgan fingerprint density at radius 2 is 2.17 bits per heavy atom. The van der Waals surface area contributed by atoms with Crippen molar-refractivity contribution in [2.24, 2.45) is 10.7 Å². The second-order valence-electron chi connectivity index (χ2n) is 3.81. The van der Waals surface area contributed by atoms with E-state index in [-0.39, 0.29) is 51.4 Å². The van der Waals surface area contributed by atoms with Gasteiger partial charge in [-0.25, -0.2) is 4.58 Å². The molecule has 6 heteroatoms. The SMILES string of the molecule is CN=C/C(C=[N+](C)C)=C(/N)c1cc[nH]c1[N-]C.[K+]. The zero-order valence-electron chi connectivity index (χ0n) is 11.7. The van der Waals surface area contributed by atoms with Crippen molar-refractivity contribution in [2.75, 3.05) is 28.2 Å². The predicted molar refractivity (Wildman–Crippen MR) is 73.4 cm³/mol. The summed E-state index contributed by atoms with van der Waals surface area (Å²) < 4.78 is 1.93. The molecule has 1 aromatic rings. The molecule has 0 amide bonds. The van der Waals surface area contributed by atoms with Crippen molar-refractivity contribution in [3.8, 4) is 0 Å². The first-order valence-electron chi connectivity index (χ1n) is 5.31. The minimum Gasteiger partial charge on any atom is -0.469 e. The van der Waals surface area contributed by atoms with Crippen LogP contribution in [-0.4, -0.2) is 50.2 Å². The van der Waals surface area contributed by atoms with Crippen molar-refractivity contribution in [2.45, 2.75) is 0 Å². The number of nitrogens with one attached hydrogen (secondary N) is 1. The second-order valence-corrected chi connectivity index (χ2v) is 3.81. The Labute approximate surface area is 151 Å². The molecule has 0 aromatic carbocycles. The summed E-state index contributed by atoms with van der Waals surface area (Å²) in [7, 11) is 7.34. The Kier molecular flexibility index (Phi) is 8.46. The molecule has 5 nitrogen and oxygen atoms in total. The smallest absolute Gasteiger partial charge is 0.469 e. The van der Waals surface area contributed by atoms with Crippen LogP contribution in [0.15, 0.2) is 22.8 Å². The maximum atomic E-state index is 6.14. The Morgan fingerprint density at radius 3 is 2.67 bits per heavy atom. The number of H-pyrrole nitrogens is 1. The van der Waals surface area contributed by atoms with Crippen LogP contribution in [0.25, 0.3) is 11.0 Å². The molecule has 0 radical (unpaired) electrons. The summed E-state index contributed by atoms with van der Waals surface area (Å²) in [5, 5.41) is 4.13. The average Bonchev–Trinajstić information content (AvgIpc) is 2.74. The van der Waals surface area contributed by atoms with Crippen molar-refractivity contribution in [1.82, 2.24) is 4.98 Å². The third-order valence-electron chi connectivity index (χ3n) is 2.22. The molecular weight excluding hydrogens is 253 g/mol. The van der Waals surface area contributed by atoms with Crippen LogP contribution >= 0.6 is 0 Å². The Morgan fingerprint density at radius 1 is 1.50 bits per heavy atom. The number of hydrogen-bond acceptors (Lipinski definition) is 2. The van der Waals surface area contributed by atoms with Gasteiger partial charge in [0.1, 0.15) is 14.1 Å². The maximum Gasteiger partial charge on any atom is 1.00 e. The summed E-state index contributed by atoms with van der Waals surface area (Å²) >= 11 is 0. The number of hydrogen-bond donors (Lipinski definition) is 2. The van der Waals surface area contributed by atoms with E-state index < -0.39 is 0 Å². The van der Waals surface area contributed by atoms with Gasteiger partial charge in [-0.15, -0.1) is 0 Å². The third-order valence-corrected chi connectivity index (χ3v) is 2.22. The van der Waals surface area contributed by atoms with Crippen LogP contribution in [0.5, 0.6) is 0 Å². The van der Waals surface area contributed by atoms with Crippen LogP contribution in [0.3, 0.4) is 0 Å². The van der Waals surface area contributed by atoms with Gasteiger partial charge in [-0.3, -0.25) is 4.99 Å². The van der Waals surface area contributed by atoms with Crippen LogP contribution in [0.1, 0.15) is 5.56 Å². The zero-order valence-corrected chi connectivity index (χ0v) is 14.9. The largest absolute Gasteiger partial charge is 1.00 e. The van der Waals surface area contributed by atoms with E-state index >= 15 is 0 Å². The maximum absolute atomic E-state index is 6.14. The van der Waals surface area contributed by atoms with Gasteiger partial charge in [-0.2, -0.15) is 0 Å². The van der Waals surface area contributed by atoms with Crippen LogP contribution in [0, 0.1) is 0 Å². The van der Waals surface area contributed by atoms with E-state index in [1.807, 2.05) is 37.1 Å². The van der Waals surface area contributed by atoms with Crippen molar-refractivity contribution < 1.29 is 56.0 Å². The fraction of sp³-hybridized carbons (Fsp3) is 0.333. The molecule has 18 heavy (non-hydrogen) atoms. The van der Waals surface area contributed by atoms with Crippen molar-refractivity contribution in [1.29, 1.82) is 0 Å².